The van der Waals surface area contributed by atoms with E-state index in [1.54, 1.807) is 0 Å². The average molecular weight is 231 g/mol. The minimum absolute atomic E-state index is 0.0409. The summed E-state index contributed by atoms with van der Waals surface area (Å²) in [5.74, 6) is -0.0818. The van der Waals surface area contributed by atoms with Crippen molar-refractivity contribution in [3.05, 3.63) is 35.4 Å². The second-order valence-corrected chi connectivity index (χ2v) is 4.40. The quantitative estimate of drug-likeness (QED) is 0.748. The highest BCUT2D eigenvalue weighted by Crippen LogP contribution is 2.16. The molecule has 0 saturated carbocycles. The van der Waals surface area contributed by atoms with Gasteiger partial charge in [0.15, 0.2) is 0 Å². The number of carbonyl (C=O) groups is 2. The molecule has 0 spiro atoms. The summed E-state index contributed by atoms with van der Waals surface area (Å²) in [4.78, 5) is 24.7. The highest BCUT2D eigenvalue weighted by atomic mass is 16.2. The molecule has 0 radical (unpaired) electrons. The van der Waals surface area contributed by atoms with E-state index >= 15 is 0 Å². The van der Waals surface area contributed by atoms with Gasteiger partial charge in [0.2, 0.25) is 11.8 Å². The minimum Gasteiger partial charge on any atom is -0.278 e. The van der Waals surface area contributed by atoms with Crippen LogP contribution in [0.1, 0.15) is 37.3 Å². The molecule has 1 saturated heterocycles. The number of piperidine rings is 1. The molecule has 3 heteroatoms. The number of imide groups is 1. The Kier molecular flexibility index (Phi) is 3.57. The van der Waals surface area contributed by atoms with E-state index in [1.807, 2.05) is 24.3 Å². The fourth-order valence-corrected chi connectivity index (χ4v) is 2.04. The molecular formula is C14H17NO2. The summed E-state index contributed by atoms with van der Waals surface area (Å²) in [6.07, 6.45) is 2.70. The summed E-state index contributed by atoms with van der Waals surface area (Å²) in [7, 11) is 0. The van der Waals surface area contributed by atoms with Crippen LogP contribution >= 0.6 is 0 Å². The third kappa shape index (κ3) is 2.73. The van der Waals surface area contributed by atoms with Crippen LogP contribution in [0.15, 0.2) is 24.3 Å². The molecule has 0 aliphatic carbocycles. The van der Waals surface area contributed by atoms with E-state index in [4.69, 9.17) is 0 Å². The lowest BCUT2D eigenvalue weighted by atomic mass is 10.1. The van der Waals surface area contributed by atoms with E-state index in [0.29, 0.717) is 25.8 Å². The molecule has 2 rings (SSSR count). The lowest BCUT2D eigenvalue weighted by Crippen LogP contribution is -2.39. The van der Waals surface area contributed by atoms with Crippen molar-refractivity contribution in [2.75, 3.05) is 0 Å². The summed E-state index contributed by atoms with van der Waals surface area (Å²) >= 11 is 0. The van der Waals surface area contributed by atoms with Crippen molar-refractivity contribution in [2.24, 2.45) is 0 Å². The Balaban J connectivity index is 2.08. The molecular weight excluding hydrogens is 214 g/mol. The van der Waals surface area contributed by atoms with Gasteiger partial charge in [-0.05, 0) is 24.0 Å². The predicted octanol–water partition coefficient (Wildman–Crippen LogP) is 2.29. The molecule has 0 atom stereocenters. The number of rotatable bonds is 3. The van der Waals surface area contributed by atoms with E-state index in [1.165, 1.54) is 10.5 Å². The van der Waals surface area contributed by atoms with E-state index in [0.717, 1.165) is 12.0 Å². The first-order valence-corrected chi connectivity index (χ1v) is 6.11. The topological polar surface area (TPSA) is 37.4 Å². The second-order valence-electron chi connectivity index (χ2n) is 4.40. The molecule has 1 aliphatic heterocycles. The number of likely N-dealkylation sites (tertiary alicyclic amines) is 1. The van der Waals surface area contributed by atoms with Crippen molar-refractivity contribution in [2.45, 2.75) is 39.2 Å². The molecule has 2 amide bonds. The third-order valence-corrected chi connectivity index (χ3v) is 3.16. The van der Waals surface area contributed by atoms with Crippen molar-refractivity contribution in [3.8, 4) is 0 Å². The Morgan fingerprint density at radius 1 is 1.00 bits per heavy atom. The van der Waals surface area contributed by atoms with Crippen LogP contribution in [0.3, 0.4) is 0 Å². The number of hydrogen-bond acceptors (Lipinski definition) is 2. The van der Waals surface area contributed by atoms with Crippen LogP contribution < -0.4 is 0 Å². The maximum Gasteiger partial charge on any atom is 0.229 e. The van der Waals surface area contributed by atoms with Crippen molar-refractivity contribution in [3.63, 3.8) is 0 Å². The van der Waals surface area contributed by atoms with Crippen LogP contribution in [0.4, 0.5) is 0 Å². The molecule has 0 N–H and O–H groups in total. The first-order chi connectivity index (χ1) is 8.20. The van der Waals surface area contributed by atoms with Gasteiger partial charge in [-0.3, -0.25) is 14.5 Å². The van der Waals surface area contributed by atoms with E-state index in [9.17, 15) is 9.59 Å². The molecule has 1 aromatic carbocycles. The fourth-order valence-electron chi connectivity index (χ4n) is 2.04. The second kappa shape index (κ2) is 5.13. The Bertz CT molecular complexity index is 406. The zero-order valence-corrected chi connectivity index (χ0v) is 10.1. The van der Waals surface area contributed by atoms with Crippen molar-refractivity contribution < 1.29 is 9.59 Å². The average Bonchev–Trinajstić information content (AvgIpc) is 2.35. The van der Waals surface area contributed by atoms with Gasteiger partial charge >= 0.3 is 0 Å². The van der Waals surface area contributed by atoms with Crippen molar-refractivity contribution >= 4 is 11.8 Å². The van der Waals surface area contributed by atoms with Crippen LogP contribution in [0.5, 0.6) is 0 Å². The van der Waals surface area contributed by atoms with Crippen LogP contribution in [0, 0.1) is 0 Å². The summed E-state index contributed by atoms with van der Waals surface area (Å²) in [6, 6.07) is 8.09. The van der Waals surface area contributed by atoms with Crippen molar-refractivity contribution in [1.82, 2.24) is 4.90 Å². The number of aryl methyl sites for hydroxylation is 1. The van der Waals surface area contributed by atoms with Gasteiger partial charge < -0.3 is 0 Å². The molecule has 1 heterocycles. The van der Waals surface area contributed by atoms with Crippen molar-refractivity contribution in [1.29, 1.82) is 0 Å². The Labute approximate surface area is 101 Å². The summed E-state index contributed by atoms with van der Waals surface area (Å²) in [5, 5.41) is 0. The number of amides is 2. The molecule has 1 aliphatic rings. The van der Waals surface area contributed by atoms with E-state index in [2.05, 4.69) is 6.92 Å². The fraction of sp³-hybridized carbons (Fsp3) is 0.429. The van der Waals surface area contributed by atoms with Gasteiger partial charge in [-0.2, -0.15) is 0 Å². The lowest BCUT2D eigenvalue weighted by molar-refractivity contribution is -0.148. The predicted molar refractivity (Wildman–Crippen MR) is 65.2 cm³/mol. The lowest BCUT2D eigenvalue weighted by Gasteiger charge is -2.24. The van der Waals surface area contributed by atoms with Crippen LogP contribution in [0.2, 0.25) is 0 Å². The van der Waals surface area contributed by atoms with E-state index in [-0.39, 0.29) is 11.8 Å². The molecule has 1 fully saturated rings. The Morgan fingerprint density at radius 3 is 2.06 bits per heavy atom. The Hall–Kier alpha value is -1.64. The highest BCUT2D eigenvalue weighted by Gasteiger charge is 2.25. The maximum absolute atomic E-state index is 11.6. The molecule has 0 aromatic heterocycles. The monoisotopic (exact) mass is 231 g/mol. The minimum atomic E-state index is -0.0409. The molecule has 0 unspecified atom stereocenters. The number of benzene rings is 1. The van der Waals surface area contributed by atoms with Crippen LogP contribution in [-0.2, 0) is 22.6 Å². The largest absolute Gasteiger partial charge is 0.278 e. The van der Waals surface area contributed by atoms with Crippen LogP contribution in [-0.4, -0.2) is 16.7 Å². The smallest absolute Gasteiger partial charge is 0.229 e. The summed E-state index contributed by atoms with van der Waals surface area (Å²) in [5.41, 5.74) is 2.29. The third-order valence-electron chi connectivity index (χ3n) is 3.16. The molecule has 90 valence electrons. The van der Waals surface area contributed by atoms with Gasteiger partial charge in [0.25, 0.3) is 0 Å². The van der Waals surface area contributed by atoms with Gasteiger partial charge in [0, 0.05) is 12.8 Å². The van der Waals surface area contributed by atoms with Gasteiger partial charge in [-0.15, -0.1) is 0 Å². The SMILES string of the molecule is CCc1ccc(CN2C(=O)CCCC2=O)cc1. The normalized spacial score (nSPS) is 16.4. The summed E-state index contributed by atoms with van der Waals surface area (Å²) in [6.45, 7) is 2.52. The molecule has 1 aromatic rings. The first kappa shape index (κ1) is 11.8. The highest BCUT2D eigenvalue weighted by molar-refractivity contribution is 5.97. The number of carbonyl (C=O) groups excluding carboxylic acids is 2. The standard InChI is InChI=1S/C14H17NO2/c1-2-11-6-8-12(9-7-11)10-15-13(16)4-3-5-14(15)17/h6-9H,2-5,10H2,1H3. The van der Waals surface area contributed by atoms with E-state index < -0.39 is 0 Å². The van der Waals surface area contributed by atoms with Gasteiger partial charge in [-0.1, -0.05) is 31.2 Å². The maximum atomic E-state index is 11.6. The van der Waals surface area contributed by atoms with Crippen LogP contribution in [0.25, 0.3) is 0 Å². The summed E-state index contributed by atoms with van der Waals surface area (Å²) < 4.78 is 0. The first-order valence-electron chi connectivity index (χ1n) is 6.11. The number of hydrogen-bond donors (Lipinski definition) is 0. The van der Waals surface area contributed by atoms with Gasteiger partial charge in [-0.25, -0.2) is 0 Å². The van der Waals surface area contributed by atoms with Gasteiger partial charge in [0.05, 0.1) is 6.54 Å². The van der Waals surface area contributed by atoms with Gasteiger partial charge in [0.1, 0.15) is 0 Å². The molecule has 3 nitrogen and oxygen atoms in total. The Morgan fingerprint density at radius 2 is 1.53 bits per heavy atom. The molecule has 0 bridgehead atoms. The number of nitrogens with zero attached hydrogens (tertiary/aromatic N) is 1. The molecule has 17 heavy (non-hydrogen) atoms. The zero-order valence-electron chi connectivity index (χ0n) is 10.1. The zero-order chi connectivity index (χ0) is 12.3.